The van der Waals surface area contributed by atoms with Crippen LogP contribution < -0.4 is 5.32 Å². The number of hydrogen-bond acceptors (Lipinski definition) is 3. The standard InChI is InChI=1S/C11H24N2O2S/c1-10(2)9-16(14,15)13(3)8-11-4-6-12-7-5-11/h10-12H,4-9H2,1-3H3. The molecule has 1 fully saturated rings. The second-order valence-corrected chi connectivity index (χ2v) is 7.27. The predicted molar refractivity (Wildman–Crippen MR) is 66.8 cm³/mol. The van der Waals surface area contributed by atoms with E-state index < -0.39 is 10.0 Å². The fourth-order valence-electron chi connectivity index (χ4n) is 2.09. The van der Waals surface area contributed by atoms with Gasteiger partial charge in [-0.15, -0.1) is 0 Å². The van der Waals surface area contributed by atoms with Gasteiger partial charge in [0.1, 0.15) is 0 Å². The van der Waals surface area contributed by atoms with Gasteiger partial charge in [-0.2, -0.15) is 0 Å². The highest BCUT2D eigenvalue weighted by Gasteiger charge is 2.23. The fourth-order valence-corrected chi connectivity index (χ4v) is 3.62. The van der Waals surface area contributed by atoms with Crippen LogP contribution in [0.4, 0.5) is 0 Å². The largest absolute Gasteiger partial charge is 0.317 e. The Morgan fingerprint density at radius 1 is 1.31 bits per heavy atom. The molecule has 1 saturated heterocycles. The Bertz CT molecular complexity index is 295. The van der Waals surface area contributed by atoms with Crippen LogP contribution in [0.3, 0.4) is 0 Å². The van der Waals surface area contributed by atoms with Gasteiger partial charge in [-0.1, -0.05) is 13.8 Å². The van der Waals surface area contributed by atoms with E-state index >= 15 is 0 Å². The first-order chi connectivity index (χ1) is 7.42. The lowest BCUT2D eigenvalue weighted by molar-refractivity contribution is 0.310. The Morgan fingerprint density at radius 3 is 2.38 bits per heavy atom. The van der Waals surface area contributed by atoms with E-state index in [4.69, 9.17) is 0 Å². The normalized spacial score (nSPS) is 19.6. The summed E-state index contributed by atoms with van der Waals surface area (Å²) in [6.45, 7) is 6.59. The lowest BCUT2D eigenvalue weighted by atomic mass is 9.98. The highest BCUT2D eigenvalue weighted by Crippen LogP contribution is 2.15. The zero-order chi connectivity index (χ0) is 12.2. The molecule has 16 heavy (non-hydrogen) atoms. The van der Waals surface area contributed by atoms with Gasteiger partial charge in [0, 0.05) is 13.6 Å². The monoisotopic (exact) mass is 248 g/mol. The summed E-state index contributed by atoms with van der Waals surface area (Å²) >= 11 is 0. The first-order valence-electron chi connectivity index (χ1n) is 6.06. The summed E-state index contributed by atoms with van der Waals surface area (Å²) in [5.74, 6) is 0.975. The van der Waals surface area contributed by atoms with Gasteiger partial charge >= 0.3 is 0 Å². The molecule has 4 nitrogen and oxygen atoms in total. The summed E-state index contributed by atoms with van der Waals surface area (Å²) in [5.41, 5.74) is 0. The molecule has 0 aromatic rings. The molecule has 0 amide bonds. The van der Waals surface area contributed by atoms with Crippen LogP contribution in [0.2, 0.25) is 0 Å². The molecule has 1 aliphatic rings. The quantitative estimate of drug-likeness (QED) is 0.786. The van der Waals surface area contributed by atoms with Crippen LogP contribution in [0.25, 0.3) is 0 Å². The van der Waals surface area contributed by atoms with E-state index in [1.54, 1.807) is 11.4 Å². The van der Waals surface area contributed by atoms with Crippen LogP contribution in [0.15, 0.2) is 0 Å². The van der Waals surface area contributed by atoms with Crippen molar-refractivity contribution in [3.63, 3.8) is 0 Å². The molecule has 96 valence electrons. The topological polar surface area (TPSA) is 49.4 Å². The van der Waals surface area contributed by atoms with Crippen LogP contribution in [0.5, 0.6) is 0 Å². The van der Waals surface area contributed by atoms with Gasteiger partial charge in [-0.25, -0.2) is 12.7 Å². The van der Waals surface area contributed by atoms with Crippen molar-refractivity contribution in [1.29, 1.82) is 0 Å². The van der Waals surface area contributed by atoms with Gasteiger partial charge in [-0.05, 0) is 37.8 Å². The minimum Gasteiger partial charge on any atom is -0.317 e. The summed E-state index contributed by atoms with van der Waals surface area (Å²) < 4.78 is 25.4. The van der Waals surface area contributed by atoms with Gasteiger partial charge < -0.3 is 5.32 Å². The van der Waals surface area contributed by atoms with Gasteiger partial charge in [-0.3, -0.25) is 0 Å². The van der Waals surface area contributed by atoms with E-state index in [1.807, 2.05) is 13.8 Å². The van der Waals surface area contributed by atoms with Crippen LogP contribution in [0, 0.1) is 11.8 Å². The van der Waals surface area contributed by atoms with Gasteiger partial charge in [0.25, 0.3) is 0 Å². The molecular weight excluding hydrogens is 224 g/mol. The van der Waals surface area contributed by atoms with Gasteiger partial charge in [0.05, 0.1) is 5.75 Å². The maximum atomic E-state index is 11.9. The highest BCUT2D eigenvalue weighted by atomic mass is 32.2. The van der Waals surface area contributed by atoms with E-state index in [-0.39, 0.29) is 11.7 Å². The molecule has 1 heterocycles. The number of rotatable bonds is 5. The maximum absolute atomic E-state index is 11.9. The maximum Gasteiger partial charge on any atom is 0.214 e. The van der Waals surface area contributed by atoms with Crippen molar-refractivity contribution < 1.29 is 8.42 Å². The second-order valence-electron chi connectivity index (χ2n) is 5.15. The molecule has 0 bridgehead atoms. The molecule has 0 saturated carbocycles. The SMILES string of the molecule is CC(C)CS(=O)(=O)N(C)CC1CCNCC1. The molecule has 0 aromatic heterocycles. The van der Waals surface area contributed by atoms with E-state index in [1.165, 1.54) is 0 Å². The predicted octanol–water partition coefficient (Wildman–Crippen LogP) is 0.904. The molecule has 0 radical (unpaired) electrons. The molecule has 1 rings (SSSR count). The minimum absolute atomic E-state index is 0.195. The summed E-state index contributed by atoms with van der Waals surface area (Å²) in [7, 11) is -1.34. The molecule has 0 unspecified atom stereocenters. The number of piperidine rings is 1. The molecule has 0 atom stereocenters. The van der Waals surface area contributed by atoms with E-state index in [0.717, 1.165) is 25.9 Å². The number of sulfonamides is 1. The van der Waals surface area contributed by atoms with Crippen LogP contribution >= 0.6 is 0 Å². The van der Waals surface area contributed by atoms with Crippen molar-refractivity contribution in [2.45, 2.75) is 26.7 Å². The number of nitrogens with zero attached hydrogens (tertiary/aromatic N) is 1. The van der Waals surface area contributed by atoms with Crippen molar-refractivity contribution in [2.24, 2.45) is 11.8 Å². The smallest absolute Gasteiger partial charge is 0.214 e. The lowest BCUT2D eigenvalue weighted by Gasteiger charge is -2.27. The third-order valence-electron chi connectivity index (χ3n) is 2.99. The van der Waals surface area contributed by atoms with E-state index in [0.29, 0.717) is 12.5 Å². The highest BCUT2D eigenvalue weighted by molar-refractivity contribution is 7.89. The average molecular weight is 248 g/mol. The Kier molecular flexibility index (Phi) is 5.21. The number of nitrogens with one attached hydrogen (secondary N) is 1. The zero-order valence-corrected chi connectivity index (χ0v) is 11.4. The molecule has 0 aromatic carbocycles. The van der Waals surface area contributed by atoms with Crippen molar-refractivity contribution in [3.05, 3.63) is 0 Å². The van der Waals surface area contributed by atoms with Crippen LogP contribution in [0.1, 0.15) is 26.7 Å². The molecule has 0 spiro atoms. The summed E-state index contributed by atoms with van der Waals surface area (Å²) in [4.78, 5) is 0. The van der Waals surface area contributed by atoms with Crippen molar-refractivity contribution in [3.8, 4) is 0 Å². The Balaban J connectivity index is 2.46. The third kappa shape index (κ3) is 4.39. The van der Waals surface area contributed by atoms with Crippen molar-refractivity contribution in [1.82, 2.24) is 9.62 Å². The molecule has 0 aliphatic carbocycles. The number of hydrogen-bond donors (Lipinski definition) is 1. The fraction of sp³-hybridized carbons (Fsp3) is 1.00. The summed E-state index contributed by atoms with van der Waals surface area (Å²) in [6.07, 6.45) is 2.17. The first-order valence-corrected chi connectivity index (χ1v) is 7.67. The lowest BCUT2D eigenvalue weighted by Crippen LogP contribution is -2.38. The summed E-state index contributed by atoms with van der Waals surface area (Å²) in [6, 6.07) is 0. The Labute approximate surface area is 99.5 Å². The van der Waals surface area contributed by atoms with Gasteiger partial charge in [0.2, 0.25) is 10.0 Å². The molecule has 1 aliphatic heterocycles. The van der Waals surface area contributed by atoms with Crippen LogP contribution in [-0.2, 0) is 10.0 Å². The summed E-state index contributed by atoms with van der Waals surface area (Å²) in [5, 5.41) is 3.29. The van der Waals surface area contributed by atoms with Gasteiger partial charge in [0.15, 0.2) is 0 Å². The Morgan fingerprint density at radius 2 is 1.88 bits per heavy atom. The van der Waals surface area contributed by atoms with Crippen LogP contribution in [-0.4, -0.2) is 45.2 Å². The molecule has 1 N–H and O–H groups in total. The molecule has 5 heteroatoms. The zero-order valence-electron chi connectivity index (χ0n) is 10.6. The van der Waals surface area contributed by atoms with E-state index in [2.05, 4.69) is 5.32 Å². The van der Waals surface area contributed by atoms with Crippen molar-refractivity contribution in [2.75, 3.05) is 32.4 Å². The van der Waals surface area contributed by atoms with E-state index in [9.17, 15) is 8.42 Å². The second kappa shape index (κ2) is 5.98. The Hall–Kier alpha value is -0.130. The third-order valence-corrected chi connectivity index (χ3v) is 5.18. The minimum atomic E-state index is -3.05. The first kappa shape index (κ1) is 13.9. The molecular formula is C11H24N2O2S. The van der Waals surface area contributed by atoms with Crippen molar-refractivity contribution >= 4 is 10.0 Å². The average Bonchev–Trinajstić information content (AvgIpc) is 2.17.